The first kappa shape index (κ1) is 12.4. The fourth-order valence-electron chi connectivity index (χ4n) is 2.77. The van der Waals surface area contributed by atoms with Gasteiger partial charge < -0.3 is 5.32 Å². The third-order valence-corrected chi connectivity index (χ3v) is 4.11. The molecular weight excluding hydrogens is 208 g/mol. The van der Waals surface area contributed by atoms with Gasteiger partial charge in [0.2, 0.25) is 0 Å². The van der Waals surface area contributed by atoms with Crippen LogP contribution in [-0.4, -0.2) is 11.0 Å². The Hall–Kier alpha value is -1.05. The molecule has 0 saturated heterocycles. The van der Waals surface area contributed by atoms with Gasteiger partial charge in [-0.3, -0.25) is 4.98 Å². The van der Waals surface area contributed by atoms with Crippen LogP contribution in [-0.2, 0) is 0 Å². The number of rotatable bonds is 3. The van der Waals surface area contributed by atoms with Crippen LogP contribution < -0.4 is 5.32 Å². The van der Waals surface area contributed by atoms with Gasteiger partial charge in [0.1, 0.15) is 0 Å². The Bertz CT molecular complexity index is 352. The van der Waals surface area contributed by atoms with Crippen LogP contribution in [0.3, 0.4) is 0 Å². The van der Waals surface area contributed by atoms with E-state index >= 15 is 0 Å². The average molecular weight is 232 g/mol. The average Bonchev–Trinajstić information content (AvgIpc) is 2.33. The summed E-state index contributed by atoms with van der Waals surface area (Å²) < 4.78 is 0. The lowest BCUT2D eigenvalue weighted by Gasteiger charge is -2.32. The lowest BCUT2D eigenvalue weighted by molar-refractivity contribution is 0.267. The molecule has 1 aromatic rings. The van der Waals surface area contributed by atoms with Crippen LogP contribution in [0.15, 0.2) is 18.5 Å². The Morgan fingerprint density at radius 2 is 1.94 bits per heavy atom. The Balaban J connectivity index is 1.88. The summed E-state index contributed by atoms with van der Waals surface area (Å²) in [7, 11) is 0. The fourth-order valence-corrected chi connectivity index (χ4v) is 2.77. The summed E-state index contributed by atoms with van der Waals surface area (Å²) in [6.45, 7) is 6.84. The van der Waals surface area contributed by atoms with Crippen LogP contribution in [0.4, 0.5) is 5.69 Å². The monoisotopic (exact) mass is 232 g/mol. The predicted molar refractivity (Wildman–Crippen MR) is 73.2 cm³/mol. The number of aromatic nitrogens is 1. The Kier molecular flexibility index (Phi) is 4.03. The maximum atomic E-state index is 4.19. The third-order valence-electron chi connectivity index (χ3n) is 4.11. The second kappa shape index (κ2) is 5.52. The maximum Gasteiger partial charge on any atom is 0.0558 e. The minimum Gasteiger partial charge on any atom is -0.381 e. The summed E-state index contributed by atoms with van der Waals surface area (Å²) >= 11 is 0. The molecule has 1 N–H and O–H groups in total. The van der Waals surface area contributed by atoms with Crippen molar-refractivity contribution in [3.63, 3.8) is 0 Å². The summed E-state index contributed by atoms with van der Waals surface area (Å²) in [5.41, 5.74) is 2.51. The molecule has 0 aromatic carbocycles. The normalized spacial score (nSPS) is 24.9. The smallest absolute Gasteiger partial charge is 0.0558 e. The number of anilines is 1. The van der Waals surface area contributed by atoms with Gasteiger partial charge in [-0.1, -0.05) is 13.8 Å². The van der Waals surface area contributed by atoms with Crippen molar-refractivity contribution in [2.45, 2.75) is 52.5 Å². The summed E-state index contributed by atoms with van der Waals surface area (Å²) in [5, 5.41) is 3.65. The lowest BCUT2D eigenvalue weighted by Crippen LogP contribution is -2.28. The van der Waals surface area contributed by atoms with E-state index in [0.717, 1.165) is 11.8 Å². The largest absolute Gasteiger partial charge is 0.381 e. The van der Waals surface area contributed by atoms with Gasteiger partial charge in [-0.25, -0.2) is 0 Å². The summed E-state index contributed by atoms with van der Waals surface area (Å²) in [4.78, 5) is 4.19. The van der Waals surface area contributed by atoms with Crippen LogP contribution in [0.5, 0.6) is 0 Å². The molecule has 94 valence electrons. The van der Waals surface area contributed by atoms with Crippen molar-refractivity contribution in [3.8, 4) is 0 Å². The molecule has 0 spiro atoms. The molecule has 2 rings (SSSR count). The van der Waals surface area contributed by atoms with E-state index in [4.69, 9.17) is 0 Å². The van der Waals surface area contributed by atoms with Crippen LogP contribution in [0.25, 0.3) is 0 Å². The van der Waals surface area contributed by atoms with Crippen molar-refractivity contribution >= 4 is 5.69 Å². The number of aryl methyl sites for hydroxylation is 1. The molecule has 2 heteroatoms. The summed E-state index contributed by atoms with van der Waals surface area (Å²) in [6, 6.07) is 2.72. The fraction of sp³-hybridized carbons (Fsp3) is 0.667. The van der Waals surface area contributed by atoms with Crippen LogP contribution in [0, 0.1) is 18.8 Å². The first-order valence-electron chi connectivity index (χ1n) is 6.84. The Morgan fingerprint density at radius 1 is 1.24 bits per heavy atom. The van der Waals surface area contributed by atoms with Gasteiger partial charge in [0.05, 0.1) is 11.9 Å². The SMILES string of the molecule is Cc1ccncc1NC1CCC(C(C)C)CC1. The zero-order valence-electron chi connectivity index (χ0n) is 11.2. The van der Waals surface area contributed by atoms with Crippen LogP contribution >= 0.6 is 0 Å². The van der Waals surface area contributed by atoms with E-state index in [0.29, 0.717) is 6.04 Å². The van der Waals surface area contributed by atoms with Gasteiger partial charge in [-0.15, -0.1) is 0 Å². The Labute approximate surface area is 105 Å². The van der Waals surface area contributed by atoms with Crippen LogP contribution in [0.2, 0.25) is 0 Å². The Morgan fingerprint density at radius 3 is 2.53 bits per heavy atom. The number of pyridine rings is 1. The van der Waals surface area contributed by atoms with Gasteiger partial charge in [-0.2, -0.15) is 0 Å². The summed E-state index contributed by atoms with van der Waals surface area (Å²) in [6.07, 6.45) is 9.15. The predicted octanol–water partition coefficient (Wildman–Crippen LogP) is 4.02. The van der Waals surface area contributed by atoms with Crippen LogP contribution in [0.1, 0.15) is 45.1 Å². The molecule has 1 aromatic heterocycles. The van der Waals surface area contributed by atoms with E-state index in [2.05, 4.69) is 37.1 Å². The van der Waals surface area contributed by atoms with E-state index in [1.807, 2.05) is 12.4 Å². The highest BCUT2D eigenvalue weighted by atomic mass is 14.9. The minimum atomic E-state index is 0.646. The zero-order chi connectivity index (χ0) is 12.3. The molecule has 17 heavy (non-hydrogen) atoms. The van der Waals surface area contributed by atoms with Gasteiger partial charge in [0, 0.05) is 12.2 Å². The third kappa shape index (κ3) is 3.21. The number of hydrogen-bond acceptors (Lipinski definition) is 2. The van der Waals surface area contributed by atoms with Crippen molar-refractivity contribution in [3.05, 3.63) is 24.0 Å². The molecule has 0 aliphatic heterocycles. The molecule has 1 fully saturated rings. The zero-order valence-corrected chi connectivity index (χ0v) is 11.2. The molecular formula is C15H24N2. The van der Waals surface area contributed by atoms with Crippen molar-refractivity contribution < 1.29 is 0 Å². The van der Waals surface area contributed by atoms with E-state index in [-0.39, 0.29) is 0 Å². The molecule has 1 aliphatic rings. The standard InChI is InChI=1S/C15H24N2/c1-11(2)13-4-6-14(7-5-13)17-15-10-16-9-8-12(15)3/h8-11,13-14,17H,4-7H2,1-3H3. The topological polar surface area (TPSA) is 24.9 Å². The van der Waals surface area contributed by atoms with E-state index < -0.39 is 0 Å². The molecule has 0 bridgehead atoms. The first-order valence-corrected chi connectivity index (χ1v) is 6.84. The van der Waals surface area contributed by atoms with Gasteiger partial charge in [-0.05, 0) is 56.1 Å². The number of nitrogens with one attached hydrogen (secondary N) is 1. The van der Waals surface area contributed by atoms with Crippen molar-refractivity contribution in [1.82, 2.24) is 4.98 Å². The van der Waals surface area contributed by atoms with Crippen molar-refractivity contribution in [2.75, 3.05) is 5.32 Å². The van der Waals surface area contributed by atoms with Crippen molar-refractivity contribution in [1.29, 1.82) is 0 Å². The van der Waals surface area contributed by atoms with E-state index in [9.17, 15) is 0 Å². The summed E-state index contributed by atoms with van der Waals surface area (Å²) in [5.74, 6) is 1.78. The highest BCUT2D eigenvalue weighted by molar-refractivity contribution is 5.48. The molecule has 1 aliphatic carbocycles. The molecule has 0 radical (unpaired) electrons. The second-order valence-electron chi connectivity index (χ2n) is 5.69. The molecule has 2 nitrogen and oxygen atoms in total. The van der Waals surface area contributed by atoms with Gasteiger partial charge in [0.15, 0.2) is 0 Å². The molecule has 0 atom stereocenters. The second-order valence-corrected chi connectivity index (χ2v) is 5.69. The first-order chi connectivity index (χ1) is 8.16. The highest BCUT2D eigenvalue weighted by Crippen LogP contribution is 2.31. The molecule has 1 heterocycles. The van der Waals surface area contributed by atoms with E-state index in [1.54, 1.807) is 0 Å². The van der Waals surface area contributed by atoms with E-state index in [1.165, 1.54) is 36.9 Å². The van der Waals surface area contributed by atoms with Crippen molar-refractivity contribution in [2.24, 2.45) is 11.8 Å². The number of hydrogen-bond donors (Lipinski definition) is 1. The highest BCUT2D eigenvalue weighted by Gasteiger charge is 2.23. The maximum absolute atomic E-state index is 4.19. The molecule has 0 amide bonds. The quantitative estimate of drug-likeness (QED) is 0.851. The lowest BCUT2D eigenvalue weighted by atomic mass is 9.79. The van der Waals surface area contributed by atoms with Gasteiger partial charge >= 0.3 is 0 Å². The van der Waals surface area contributed by atoms with Gasteiger partial charge in [0.25, 0.3) is 0 Å². The molecule has 0 unspecified atom stereocenters. The number of nitrogens with zero attached hydrogens (tertiary/aromatic N) is 1. The minimum absolute atomic E-state index is 0.646. The molecule has 1 saturated carbocycles.